The molecule has 5 nitrogen and oxygen atoms in total. The van der Waals surface area contributed by atoms with Crippen molar-refractivity contribution in [3.05, 3.63) is 23.8 Å². The second-order valence-corrected chi connectivity index (χ2v) is 4.52. The van der Waals surface area contributed by atoms with Gasteiger partial charge in [0.15, 0.2) is 0 Å². The Morgan fingerprint density at radius 3 is 2.74 bits per heavy atom. The molecule has 0 radical (unpaired) electrons. The number of amides is 1. The van der Waals surface area contributed by atoms with Crippen LogP contribution in [0.2, 0.25) is 0 Å². The van der Waals surface area contributed by atoms with Crippen LogP contribution in [0.3, 0.4) is 0 Å². The van der Waals surface area contributed by atoms with E-state index >= 15 is 0 Å². The number of hydrogen-bond donors (Lipinski definition) is 2. The van der Waals surface area contributed by atoms with E-state index in [1.54, 1.807) is 25.3 Å². The van der Waals surface area contributed by atoms with Gasteiger partial charge >= 0.3 is 0 Å². The molecule has 0 atom stereocenters. The highest BCUT2D eigenvalue weighted by atomic mass is 16.5. The first-order chi connectivity index (χ1) is 9.04. The van der Waals surface area contributed by atoms with Crippen LogP contribution < -0.4 is 15.8 Å². The summed E-state index contributed by atoms with van der Waals surface area (Å²) in [6.45, 7) is 5.06. The topological polar surface area (TPSA) is 73.6 Å². The molecule has 1 amide bonds. The summed E-state index contributed by atoms with van der Waals surface area (Å²) in [7, 11) is 1.63. The zero-order valence-electron chi connectivity index (χ0n) is 11.7. The number of nitrogens with two attached hydrogens (primary N) is 1. The van der Waals surface area contributed by atoms with E-state index in [0.29, 0.717) is 30.2 Å². The van der Waals surface area contributed by atoms with Crippen molar-refractivity contribution >= 4 is 11.6 Å². The number of nitrogen functional groups attached to an aromatic ring is 1. The maximum absolute atomic E-state index is 11.8. The predicted octanol–water partition coefficient (Wildman–Crippen LogP) is 1.82. The van der Waals surface area contributed by atoms with Gasteiger partial charge in [-0.1, -0.05) is 0 Å². The van der Waals surface area contributed by atoms with Gasteiger partial charge in [0.2, 0.25) is 0 Å². The molecule has 0 unspecified atom stereocenters. The molecule has 1 aromatic carbocycles. The van der Waals surface area contributed by atoms with E-state index in [2.05, 4.69) is 5.32 Å². The molecule has 0 fully saturated rings. The lowest BCUT2D eigenvalue weighted by atomic mass is 10.1. The lowest BCUT2D eigenvalue weighted by Crippen LogP contribution is -2.25. The van der Waals surface area contributed by atoms with Crippen LogP contribution >= 0.6 is 0 Å². The summed E-state index contributed by atoms with van der Waals surface area (Å²) in [5, 5.41) is 2.81. The van der Waals surface area contributed by atoms with Gasteiger partial charge in [0, 0.05) is 25.8 Å². The van der Waals surface area contributed by atoms with Gasteiger partial charge in [0.1, 0.15) is 5.75 Å². The molecule has 19 heavy (non-hydrogen) atoms. The molecule has 106 valence electrons. The maximum Gasteiger partial charge on any atom is 0.251 e. The highest BCUT2D eigenvalue weighted by Gasteiger charge is 2.09. The Labute approximate surface area is 114 Å². The minimum Gasteiger partial charge on any atom is -0.489 e. The smallest absolute Gasteiger partial charge is 0.251 e. The fourth-order valence-electron chi connectivity index (χ4n) is 1.57. The van der Waals surface area contributed by atoms with Crippen LogP contribution in [0.4, 0.5) is 5.69 Å². The summed E-state index contributed by atoms with van der Waals surface area (Å²) < 4.78 is 10.4. The van der Waals surface area contributed by atoms with Gasteiger partial charge in [-0.25, -0.2) is 0 Å². The number of carbonyl (C=O) groups is 1. The first-order valence-electron chi connectivity index (χ1n) is 6.38. The summed E-state index contributed by atoms with van der Waals surface area (Å²) >= 11 is 0. The van der Waals surface area contributed by atoms with Crippen LogP contribution in [0, 0.1) is 0 Å². The third kappa shape index (κ3) is 5.18. The van der Waals surface area contributed by atoms with E-state index < -0.39 is 0 Å². The summed E-state index contributed by atoms with van der Waals surface area (Å²) in [6.07, 6.45) is 0.836. The molecule has 0 spiro atoms. The summed E-state index contributed by atoms with van der Waals surface area (Å²) in [5.41, 5.74) is 6.86. The minimum absolute atomic E-state index is 0.0519. The van der Waals surface area contributed by atoms with Crippen LogP contribution in [0.1, 0.15) is 30.6 Å². The van der Waals surface area contributed by atoms with Crippen molar-refractivity contribution in [1.82, 2.24) is 5.32 Å². The molecule has 0 saturated carbocycles. The van der Waals surface area contributed by atoms with Gasteiger partial charge in [0.25, 0.3) is 5.91 Å². The van der Waals surface area contributed by atoms with E-state index in [-0.39, 0.29) is 12.0 Å². The summed E-state index contributed by atoms with van der Waals surface area (Å²) in [4.78, 5) is 11.8. The predicted molar refractivity (Wildman–Crippen MR) is 75.4 cm³/mol. The van der Waals surface area contributed by atoms with Crippen LogP contribution in [0.25, 0.3) is 0 Å². The molecule has 0 heterocycles. The number of nitrogens with one attached hydrogen (secondary N) is 1. The lowest BCUT2D eigenvalue weighted by Gasteiger charge is -2.13. The Balaban J connectivity index is 2.59. The fourth-order valence-corrected chi connectivity index (χ4v) is 1.57. The Kier molecular flexibility index (Phi) is 6.15. The van der Waals surface area contributed by atoms with Crippen molar-refractivity contribution in [1.29, 1.82) is 0 Å². The zero-order valence-corrected chi connectivity index (χ0v) is 11.7. The largest absolute Gasteiger partial charge is 0.489 e. The first-order valence-corrected chi connectivity index (χ1v) is 6.38. The Morgan fingerprint density at radius 2 is 2.16 bits per heavy atom. The van der Waals surface area contributed by atoms with Gasteiger partial charge in [-0.3, -0.25) is 4.79 Å². The highest BCUT2D eigenvalue weighted by molar-refractivity contribution is 5.95. The van der Waals surface area contributed by atoms with Crippen LogP contribution in [0.15, 0.2) is 18.2 Å². The van der Waals surface area contributed by atoms with Crippen molar-refractivity contribution in [3.8, 4) is 5.75 Å². The average Bonchev–Trinajstić information content (AvgIpc) is 2.36. The van der Waals surface area contributed by atoms with Crippen molar-refractivity contribution in [2.75, 3.05) is 26.0 Å². The number of carbonyl (C=O) groups excluding carboxylic acids is 1. The molecule has 0 aliphatic carbocycles. The first kappa shape index (κ1) is 15.3. The molecule has 0 bridgehead atoms. The Hall–Kier alpha value is -1.75. The molecule has 0 aromatic heterocycles. The minimum atomic E-state index is -0.140. The number of ether oxygens (including phenoxy) is 2. The van der Waals surface area contributed by atoms with Crippen molar-refractivity contribution in [2.24, 2.45) is 0 Å². The molecule has 3 N–H and O–H groups in total. The van der Waals surface area contributed by atoms with E-state index in [1.165, 1.54) is 0 Å². The van der Waals surface area contributed by atoms with Crippen molar-refractivity contribution in [3.63, 3.8) is 0 Å². The molecular formula is C14H22N2O3. The fraction of sp³-hybridized carbons (Fsp3) is 0.500. The third-order valence-electron chi connectivity index (χ3n) is 2.45. The third-order valence-corrected chi connectivity index (χ3v) is 2.45. The molecule has 0 aliphatic rings. The molecular weight excluding hydrogens is 244 g/mol. The Morgan fingerprint density at radius 1 is 1.42 bits per heavy atom. The van der Waals surface area contributed by atoms with E-state index in [0.717, 1.165) is 6.42 Å². The quantitative estimate of drug-likeness (QED) is 0.583. The number of benzene rings is 1. The van der Waals surface area contributed by atoms with Crippen molar-refractivity contribution < 1.29 is 14.3 Å². The number of methoxy groups -OCH3 is 1. The number of hydrogen-bond acceptors (Lipinski definition) is 4. The van der Waals surface area contributed by atoms with E-state index in [4.69, 9.17) is 15.2 Å². The second-order valence-electron chi connectivity index (χ2n) is 4.52. The Bertz CT molecular complexity index is 419. The average molecular weight is 266 g/mol. The van der Waals surface area contributed by atoms with Gasteiger partial charge < -0.3 is 20.5 Å². The lowest BCUT2D eigenvalue weighted by molar-refractivity contribution is 0.0948. The van der Waals surface area contributed by atoms with Gasteiger partial charge in [0.05, 0.1) is 11.8 Å². The molecule has 5 heteroatoms. The summed E-state index contributed by atoms with van der Waals surface area (Å²) in [6, 6.07) is 5.06. The SMILES string of the molecule is COCCCNC(=O)c1ccc(OC(C)C)c(N)c1. The van der Waals surface area contributed by atoms with Crippen LogP contribution in [-0.2, 0) is 4.74 Å². The molecule has 1 aromatic rings. The molecule has 0 aliphatic heterocycles. The van der Waals surface area contributed by atoms with E-state index in [9.17, 15) is 4.79 Å². The number of rotatable bonds is 7. The molecule has 0 saturated heterocycles. The monoisotopic (exact) mass is 266 g/mol. The molecule has 1 rings (SSSR count). The standard InChI is InChI=1S/C14H22N2O3/c1-10(2)19-13-6-5-11(9-12(13)15)14(17)16-7-4-8-18-3/h5-6,9-10H,4,7-8,15H2,1-3H3,(H,16,17). The van der Waals surface area contributed by atoms with Crippen LogP contribution in [0.5, 0.6) is 5.75 Å². The zero-order chi connectivity index (χ0) is 14.3. The van der Waals surface area contributed by atoms with Gasteiger partial charge in [-0.05, 0) is 38.5 Å². The number of anilines is 1. The van der Waals surface area contributed by atoms with Gasteiger partial charge in [-0.15, -0.1) is 0 Å². The summed E-state index contributed by atoms with van der Waals surface area (Å²) in [5.74, 6) is 0.463. The normalized spacial score (nSPS) is 10.5. The van der Waals surface area contributed by atoms with Gasteiger partial charge in [-0.2, -0.15) is 0 Å². The second kappa shape index (κ2) is 7.63. The van der Waals surface area contributed by atoms with Crippen LogP contribution in [-0.4, -0.2) is 32.3 Å². The maximum atomic E-state index is 11.8. The van der Waals surface area contributed by atoms with Crippen molar-refractivity contribution in [2.45, 2.75) is 26.4 Å². The highest BCUT2D eigenvalue weighted by Crippen LogP contribution is 2.23. The van der Waals surface area contributed by atoms with E-state index in [1.807, 2.05) is 13.8 Å².